The van der Waals surface area contributed by atoms with Crippen LogP contribution in [0.15, 0.2) is 24.3 Å². The zero-order chi connectivity index (χ0) is 12.9. The highest BCUT2D eigenvalue weighted by Gasteiger charge is 2.16. The van der Waals surface area contributed by atoms with Crippen LogP contribution in [0, 0.1) is 12.0 Å². The Morgan fingerprint density at radius 2 is 1.88 bits per heavy atom. The standard InChI is InChI=1S/C14H19NO2/c1-14(2,3)9-12(16)10-17-13-7-5-11(15-4)6-8-13/h5-8,12,16H,9-10H2,1-3H3. The Morgan fingerprint density at radius 1 is 1.29 bits per heavy atom. The van der Waals surface area contributed by atoms with E-state index in [0.717, 1.165) is 0 Å². The highest BCUT2D eigenvalue weighted by molar-refractivity contribution is 5.46. The molecule has 0 amide bonds. The summed E-state index contributed by atoms with van der Waals surface area (Å²) >= 11 is 0. The molecule has 1 unspecified atom stereocenters. The predicted molar refractivity (Wildman–Crippen MR) is 68.3 cm³/mol. The minimum absolute atomic E-state index is 0.0940. The van der Waals surface area contributed by atoms with Crippen molar-refractivity contribution < 1.29 is 9.84 Å². The maximum atomic E-state index is 9.77. The topological polar surface area (TPSA) is 33.8 Å². The summed E-state index contributed by atoms with van der Waals surface area (Å²) in [6, 6.07) is 6.91. The van der Waals surface area contributed by atoms with E-state index in [1.165, 1.54) is 0 Å². The van der Waals surface area contributed by atoms with E-state index in [1.807, 2.05) is 0 Å². The molecule has 1 rings (SSSR count). The molecule has 0 saturated carbocycles. The van der Waals surface area contributed by atoms with Crippen LogP contribution in [0.2, 0.25) is 0 Å². The molecule has 0 aliphatic rings. The Kier molecular flexibility index (Phi) is 4.53. The van der Waals surface area contributed by atoms with Gasteiger partial charge in [-0.25, -0.2) is 4.85 Å². The number of ether oxygens (including phenoxy) is 1. The number of aliphatic hydroxyl groups is 1. The van der Waals surface area contributed by atoms with E-state index in [9.17, 15) is 5.11 Å². The van der Waals surface area contributed by atoms with Gasteiger partial charge in [-0.3, -0.25) is 0 Å². The first-order valence-electron chi connectivity index (χ1n) is 5.69. The van der Waals surface area contributed by atoms with Gasteiger partial charge in [0.05, 0.1) is 12.7 Å². The van der Waals surface area contributed by atoms with Crippen molar-refractivity contribution in [2.75, 3.05) is 6.61 Å². The van der Waals surface area contributed by atoms with Gasteiger partial charge in [-0.15, -0.1) is 0 Å². The second kappa shape index (κ2) is 5.70. The lowest BCUT2D eigenvalue weighted by molar-refractivity contribution is 0.0710. The first kappa shape index (κ1) is 13.5. The molecule has 17 heavy (non-hydrogen) atoms. The maximum Gasteiger partial charge on any atom is 0.187 e. The highest BCUT2D eigenvalue weighted by atomic mass is 16.5. The molecule has 1 aromatic carbocycles. The number of aliphatic hydroxyl groups excluding tert-OH is 1. The molecular formula is C14H19NO2. The predicted octanol–water partition coefficient (Wildman–Crippen LogP) is 3.41. The molecular weight excluding hydrogens is 214 g/mol. The van der Waals surface area contributed by atoms with Crippen LogP contribution >= 0.6 is 0 Å². The van der Waals surface area contributed by atoms with E-state index >= 15 is 0 Å². The van der Waals surface area contributed by atoms with Crippen molar-refractivity contribution >= 4 is 5.69 Å². The van der Waals surface area contributed by atoms with E-state index in [4.69, 9.17) is 11.3 Å². The van der Waals surface area contributed by atoms with Gasteiger partial charge in [-0.2, -0.15) is 0 Å². The summed E-state index contributed by atoms with van der Waals surface area (Å²) in [7, 11) is 0. The van der Waals surface area contributed by atoms with Crippen LogP contribution in [-0.4, -0.2) is 17.8 Å². The van der Waals surface area contributed by atoms with Crippen LogP contribution < -0.4 is 4.74 Å². The summed E-state index contributed by atoms with van der Waals surface area (Å²) in [4.78, 5) is 3.30. The van der Waals surface area contributed by atoms with Crippen molar-refractivity contribution in [3.05, 3.63) is 35.7 Å². The van der Waals surface area contributed by atoms with Gasteiger partial charge in [0.1, 0.15) is 12.4 Å². The third kappa shape index (κ3) is 5.37. The lowest BCUT2D eigenvalue weighted by atomic mass is 9.89. The summed E-state index contributed by atoms with van der Waals surface area (Å²) in [6.45, 7) is 13.4. The van der Waals surface area contributed by atoms with Gasteiger partial charge in [0.2, 0.25) is 0 Å². The van der Waals surface area contributed by atoms with Crippen molar-refractivity contribution in [2.24, 2.45) is 5.41 Å². The summed E-state index contributed by atoms with van der Waals surface area (Å²) in [5.41, 5.74) is 0.684. The van der Waals surface area contributed by atoms with E-state index < -0.39 is 6.10 Å². The average Bonchev–Trinajstić information content (AvgIpc) is 2.25. The maximum absolute atomic E-state index is 9.77. The molecule has 1 N–H and O–H groups in total. The van der Waals surface area contributed by atoms with Gasteiger partial charge in [0, 0.05) is 0 Å². The molecule has 0 fully saturated rings. The summed E-state index contributed by atoms with van der Waals surface area (Å²) < 4.78 is 5.46. The second-order valence-electron chi connectivity index (χ2n) is 5.34. The highest BCUT2D eigenvalue weighted by Crippen LogP contribution is 2.22. The first-order chi connectivity index (χ1) is 7.90. The van der Waals surface area contributed by atoms with Crippen molar-refractivity contribution in [2.45, 2.75) is 33.3 Å². The summed E-state index contributed by atoms with van der Waals surface area (Å²) in [5.74, 6) is 0.686. The molecule has 3 heteroatoms. The zero-order valence-corrected chi connectivity index (χ0v) is 10.6. The van der Waals surface area contributed by atoms with Gasteiger partial charge in [-0.05, 0) is 24.0 Å². The third-order valence-corrected chi connectivity index (χ3v) is 2.26. The molecule has 3 nitrogen and oxygen atoms in total. The van der Waals surface area contributed by atoms with Gasteiger partial charge in [0.25, 0.3) is 0 Å². The average molecular weight is 233 g/mol. The third-order valence-electron chi connectivity index (χ3n) is 2.26. The number of hydrogen-bond donors (Lipinski definition) is 1. The van der Waals surface area contributed by atoms with E-state index in [1.54, 1.807) is 24.3 Å². The minimum atomic E-state index is -0.462. The van der Waals surface area contributed by atoms with E-state index in [0.29, 0.717) is 17.9 Å². The molecule has 0 radical (unpaired) electrons. The van der Waals surface area contributed by atoms with Crippen molar-refractivity contribution in [3.63, 3.8) is 0 Å². The van der Waals surface area contributed by atoms with Crippen LogP contribution in [-0.2, 0) is 0 Å². The van der Waals surface area contributed by atoms with Gasteiger partial charge >= 0.3 is 0 Å². The Bertz CT molecular complexity index is 384. The number of benzene rings is 1. The van der Waals surface area contributed by atoms with E-state index in [-0.39, 0.29) is 12.0 Å². The molecule has 0 spiro atoms. The number of rotatable bonds is 4. The fourth-order valence-corrected chi connectivity index (χ4v) is 1.58. The molecule has 0 aromatic heterocycles. The van der Waals surface area contributed by atoms with Crippen molar-refractivity contribution in [1.29, 1.82) is 0 Å². The molecule has 0 bridgehead atoms. The fourth-order valence-electron chi connectivity index (χ4n) is 1.58. The second-order valence-corrected chi connectivity index (χ2v) is 5.34. The Morgan fingerprint density at radius 3 is 2.35 bits per heavy atom. The largest absolute Gasteiger partial charge is 0.491 e. The van der Waals surface area contributed by atoms with E-state index in [2.05, 4.69) is 25.6 Å². The summed E-state index contributed by atoms with van der Waals surface area (Å²) in [5, 5.41) is 9.77. The fraction of sp³-hybridized carbons (Fsp3) is 0.500. The lowest BCUT2D eigenvalue weighted by Crippen LogP contribution is -2.23. The molecule has 0 saturated heterocycles. The molecule has 1 atom stereocenters. The Labute approximate surface area is 103 Å². The first-order valence-corrected chi connectivity index (χ1v) is 5.69. The van der Waals surface area contributed by atoms with Crippen LogP contribution in [0.25, 0.3) is 4.85 Å². The minimum Gasteiger partial charge on any atom is -0.491 e. The normalized spacial score (nSPS) is 12.9. The SMILES string of the molecule is [C-]#[N+]c1ccc(OCC(O)CC(C)(C)C)cc1. The zero-order valence-electron chi connectivity index (χ0n) is 10.6. The van der Waals surface area contributed by atoms with Gasteiger partial charge in [-0.1, -0.05) is 32.9 Å². The van der Waals surface area contributed by atoms with Gasteiger partial charge < -0.3 is 9.84 Å². The quantitative estimate of drug-likeness (QED) is 0.808. The van der Waals surface area contributed by atoms with Crippen LogP contribution in [0.5, 0.6) is 5.75 Å². The number of nitrogens with zero attached hydrogens (tertiary/aromatic N) is 1. The monoisotopic (exact) mass is 233 g/mol. The van der Waals surface area contributed by atoms with Gasteiger partial charge in [0.15, 0.2) is 5.69 Å². The molecule has 0 aliphatic carbocycles. The Balaban J connectivity index is 2.42. The molecule has 0 heterocycles. The smallest absolute Gasteiger partial charge is 0.187 e. The molecule has 92 valence electrons. The van der Waals surface area contributed by atoms with Crippen LogP contribution in [0.3, 0.4) is 0 Å². The van der Waals surface area contributed by atoms with Crippen LogP contribution in [0.1, 0.15) is 27.2 Å². The Hall–Kier alpha value is -1.53. The summed E-state index contributed by atoms with van der Waals surface area (Å²) in [6.07, 6.45) is 0.239. The van der Waals surface area contributed by atoms with Crippen molar-refractivity contribution in [3.8, 4) is 5.75 Å². The van der Waals surface area contributed by atoms with Crippen LogP contribution in [0.4, 0.5) is 5.69 Å². The lowest BCUT2D eigenvalue weighted by Gasteiger charge is -2.22. The molecule has 1 aromatic rings. The van der Waals surface area contributed by atoms with Crippen molar-refractivity contribution in [1.82, 2.24) is 0 Å². The number of hydrogen-bond acceptors (Lipinski definition) is 2. The molecule has 0 aliphatic heterocycles.